The number of esters is 4. The number of amides is 2. The van der Waals surface area contributed by atoms with Crippen LogP contribution in [0.3, 0.4) is 0 Å². The largest absolute Gasteiger partial charge is 0.588 e. The number of para-hydroxylation sites is 2. The van der Waals surface area contributed by atoms with E-state index in [0.29, 0.717) is 37.7 Å². The summed E-state index contributed by atoms with van der Waals surface area (Å²) in [4.78, 5) is 101. The summed E-state index contributed by atoms with van der Waals surface area (Å²) in [5.74, 6) is -3.98. The molecular weight excluding hydrogens is 1620 g/mol. The molecule has 1 unspecified atom stereocenters. The maximum absolute atomic E-state index is 15.9. The molecule has 115 heavy (non-hydrogen) atoms. The molecule has 1 aliphatic rings. The molecule has 0 bridgehead atoms. The first-order valence-corrected chi connectivity index (χ1v) is 45.9. The number of nitrogens with one attached hydrogen (secondary N) is 2. The average Bonchev–Trinajstić information content (AvgIpc) is 0.768. The molecule has 0 saturated carbocycles. The van der Waals surface area contributed by atoms with Crippen molar-refractivity contribution in [2.45, 2.75) is 367 Å². The summed E-state index contributed by atoms with van der Waals surface area (Å²) in [7, 11) is -5.26. The Morgan fingerprint density at radius 2 is 0.913 bits per heavy atom. The zero-order valence-electron chi connectivity index (χ0n) is 68.8. The third-order valence-electron chi connectivity index (χ3n) is 19.5. The third kappa shape index (κ3) is 47.0. The number of hydrogen-bond donors (Lipinski definition) is 2. The molecule has 8 atom stereocenters. The van der Waals surface area contributed by atoms with Crippen molar-refractivity contribution in [3.63, 3.8) is 0 Å². The summed E-state index contributed by atoms with van der Waals surface area (Å²) in [6.07, 6.45) is 20.6. The van der Waals surface area contributed by atoms with E-state index in [1.165, 1.54) is 57.4 Å². The molecule has 2 amide bonds. The molecule has 1 fully saturated rings. The highest BCUT2D eigenvalue weighted by Crippen LogP contribution is 2.53. The Labute approximate surface area is 714 Å². The minimum absolute atomic E-state index is 0.0596. The van der Waals surface area contributed by atoms with Crippen LogP contribution in [0.25, 0.3) is 0 Å². The zero-order chi connectivity index (χ0) is 84.0. The van der Waals surface area contributed by atoms with E-state index < -0.39 is 138 Å². The number of phosphoric ester groups is 1. The fourth-order valence-electron chi connectivity index (χ4n) is 12.9. The second-order valence-corrected chi connectivity index (χ2v) is 36.5. The summed E-state index contributed by atoms with van der Waals surface area (Å²) in [6, 6.07) is 20.4. The van der Waals surface area contributed by atoms with Crippen molar-refractivity contribution in [2.75, 3.05) is 19.8 Å². The van der Waals surface area contributed by atoms with E-state index in [1.807, 2.05) is 0 Å². The monoisotopic (exact) mass is 1750 g/mol. The van der Waals surface area contributed by atoms with Gasteiger partial charge in [-0.05, 0) is 82.2 Å². The lowest BCUT2D eigenvalue weighted by atomic mass is 9.96. The SMILES string of the molecule is CCCCCCCCCCC[C@H](CC(=O)N[C@@H](COC1O[C@H](COC(=O)OC(C)(C)C(Cl)(Cl)Cl)[C@@H](OP(=O)(Oc2ccccc2)Oc2ccccc2)[C@H](OC(=O)C[C@@H](CCCCCCCCCCC)OC(=O)CCCCCCCCCC)[C@H]1NC(=O)OCC(Cl)(Cl)Cl)C(=O)OCc1ccccc1)OC(=O)CCCCCCCCCC. The summed E-state index contributed by atoms with van der Waals surface area (Å²) < 4.78 is 85.1. The first-order valence-electron chi connectivity index (χ1n) is 42.2. The lowest BCUT2D eigenvalue weighted by molar-refractivity contribution is -0.272. The van der Waals surface area contributed by atoms with E-state index in [1.54, 1.807) is 66.7 Å². The number of carbonyl (C=O) groups excluding carboxylic acids is 7. The molecule has 1 heterocycles. The predicted octanol–water partition coefficient (Wildman–Crippen LogP) is 23.8. The molecule has 0 aliphatic carbocycles. The second kappa shape index (κ2) is 59.6. The fraction of sp³-hybridized carbons (Fsp3) is 0.709. The van der Waals surface area contributed by atoms with Crippen LogP contribution in [0.1, 0.15) is 304 Å². The molecule has 0 spiro atoms. The molecule has 29 heteroatoms. The number of alkyl halides is 6. The standard InChI is InChI=1S/C86H131Cl6N2O20P/c1-7-11-15-19-23-27-29-33-42-56-69(107-74(96)58-48-35-31-25-21-17-13-9-3)60-73(95)93-71(80(99)103-62-66-50-40-37-41-51-66)63-104-81-77(94-82(100)106-65-85(87,88)89)79(110-76(98)61-70(57-43-34-30-28-24-20-16-12-8-2)108-75(97)59-49-36-32-26-22-18-14-10-4)78(72(109-81)64-105-83(101)111-84(5,6)86(90,91)92)114-115(102,112-67-52-44-38-45-53-67)113-68-54-46-39-47-55-68/h37-41,44-47,50-55,69-72,77-79,81H,7-36,42-43,48-49,56-65H2,1-6H3,(H,93,95)(H,94,100)/t69-,70-,71+,72-,77-,78-,79-,81?/m1/s1. The minimum atomic E-state index is -5.26. The Kier molecular flexibility index (Phi) is 53.1. The van der Waals surface area contributed by atoms with Gasteiger partial charge in [0, 0.05) is 12.8 Å². The topological polar surface area (TPSA) is 271 Å². The van der Waals surface area contributed by atoms with Gasteiger partial charge in [-0.3, -0.25) is 23.7 Å². The van der Waals surface area contributed by atoms with Gasteiger partial charge in [0.05, 0.1) is 19.4 Å². The number of phosphoric acid groups is 1. The van der Waals surface area contributed by atoms with Crippen LogP contribution in [0.4, 0.5) is 9.59 Å². The number of alkyl carbamates (subject to hydrolysis) is 1. The Morgan fingerprint density at radius 3 is 1.35 bits per heavy atom. The molecule has 0 aromatic heterocycles. The van der Waals surface area contributed by atoms with Gasteiger partial charge in [0.1, 0.15) is 61.8 Å². The number of halogens is 6. The van der Waals surface area contributed by atoms with Gasteiger partial charge in [-0.15, -0.1) is 0 Å². The fourth-order valence-corrected chi connectivity index (χ4v) is 14.6. The first-order chi connectivity index (χ1) is 55.2. The summed E-state index contributed by atoms with van der Waals surface area (Å²) in [5.41, 5.74) is -1.29. The number of ether oxygens (including phenoxy) is 9. The van der Waals surface area contributed by atoms with Crippen LogP contribution in [0, 0.1) is 0 Å². The maximum Gasteiger partial charge on any atom is 0.588 e. The van der Waals surface area contributed by atoms with Crippen molar-refractivity contribution in [2.24, 2.45) is 0 Å². The second-order valence-electron chi connectivity index (χ2n) is 30.2. The molecular formula is C86H131Cl6N2O20P. The number of carbonyl (C=O) groups is 7. The lowest BCUT2D eigenvalue weighted by Crippen LogP contribution is -2.67. The van der Waals surface area contributed by atoms with E-state index in [0.717, 1.165) is 173 Å². The van der Waals surface area contributed by atoms with Crippen molar-refractivity contribution in [1.82, 2.24) is 10.6 Å². The van der Waals surface area contributed by atoms with Crippen molar-refractivity contribution < 1.29 is 94.3 Å². The van der Waals surface area contributed by atoms with Gasteiger partial charge in [0.2, 0.25) is 13.5 Å². The van der Waals surface area contributed by atoms with Crippen molar-refractivity contribution in [3.05, 3.63) is 96.6 Å². The molecule has 1 aliphatic heterocycles. The molecule has 0 radical (unpaired) electrons. The molecule has 4 rings (SSSR count). The molecule has 1 saturated heterocycles. The predicted molar refractivity (Wildman–Crippen MR) is 452 cm³/mol. The molecule has 3 aromatic rings. The van der Waals surface area contributed by atoms with Gasteiger partial charge in [-0.25, -0.2) is 18.9 Å². The van der Waals surface area contributed by atoms with Gasteiger partial charge >= 0.3 is 43.9 Å². The van der Waals surface area contributed by atoms with Crippen LogP contribution in [-0.2, 0) is 82.3 Å². The normalized spacial score (nSPS) is 16.6. The number of unbranched alkanes of at least 4 members (excludes halogenated alkanes) is 30. The van der Waals surface area contributed by atoms with Gasteiger partial charge in [0.25, 0.3) is 0 Å². The van der Waals surface area contributed by atoms with Gasteiger partial charge in [-0.2, -0.15) is 0 Å². The molecule has 3 aromatic carbocycles. The van der Waals surface area contributed by atoms with Crippen molar-refractivity contribution in [1.29, 1.82) is 0 Å². The van der Waals surface area contributed by atoms with Gasteiger partial charge < -0.3 is 62.3 Å². The Bertz CT molecular complexity index is 3150. The van der Waals surface area contributed by atoms with Crippen LogP contribution in [0.15, 0.2) is 91.0 Å². The summed E-state index contributed by atoms with van der Waals surface area (Å²) in [6.45, 7) is 8.21. The number of hydrogen-bond acceptors (Lipinski definition) is 20. The Balaban J connectivity index is 1.93. The maximum atomic E-state index is 15.9. The first kappa shape index (κ1) is 102. The third-order valence-corrected chi connectivity index (χ3v) is 22.6. The van der Waals surface area contributed by atoms with E-state index in [-0.39, 0.29) is 43.8 Å². The van der Waals surface area contributed by atoms with E-state index in [9.17, 15) is 28.8 Å². The molecule has 22 nitrogen and oxygen atoms in total. The van der Waals surface area contributed by atoms with Gasteiger partial charge in [-0.1, -0.05) is 357 Å². The minimum Gasteiger partial charge on any atom is -0.462 e. The number of rotatable bonds is 63. The Morgan fingerprint density at radius 1 is 0.496 bits per heavy atom. The van der Waals surface area contributed by atoms with E-state index >= 15 is 9.36 Å². The lowest BCUT2D eigenvalue weighted by Gasteiger charge is -2.45. The number of benzene rings is 3. The van der Waals surface area contributed by atoms with Crippen LogP contribution in [0.5, 0.6) is 11.5 Å². The highest BCUT2D eigenvalue weighted by Gasteiger charge is 2.55. The summed E-state index contributed by atoms with van der Waals surface area (Å²) in [5, 5.41) is 5.32. The zero-order valence-corrected chi connectivity index (χ0v) is 74.2. The average molecular weight is 1760 g/mol. The van der Waals surface area contributed by atoms with Crippen molar-refractivity contribution >= 4 is 119 Å². The van der Waals surface area contributed by atoms with E-state index in [2.05, 4.69) is 38.3 Å². The highest BCUT2D eigenvalue weighted by molar-refractivity contribution is 7.49. The van der Waals surface area contributed by atoms with Crippen molar-refractivity contribution in [3.8, 4) is 11.5 Å². The van der Waals surface area contributed by atoms with Gasteiger partial charge in [0.15, 0.2) is 24.0 Å². The summed E-state index contributed by atoms with van der Waals surface area (Å²) >= 11 is 37.3. The molecule has 652 valence electrons. The van der Waals surface area contributed by atoms with Crippen LogP contribution < -0.4 is 19.7 Å². The smallest absolute Gasteiger partial charge is 0.462 e. The van der Waals surface area contributed by atoms with Crippen LogP contribution in [-0.4, -0.2) is 124 Å². The quantitative estimate of drug-likeness (QED) is 0.0175. The van der Waals surface area contributed by atoms with Crippen LogP contribution >= 0.6 is 77.4 Å². The van der Waals surface area contributed by atoms with E-state index in [4.69, 9.17) is 126 Å². The Hall–Kier alpha value is -5.00. The van der Waals surface area contributed by atoms with Crippen LogP contribution in [0.2, 0.25) is 0 Å². The highest BCUT2D eigenvalue weighted by atomic mass is 35.6. The molecule has 2 N–H and O–H groups in total.